The van der Waals surface area contributed by atoms with Crippen LogP contribution in [-0.2, 0) is 0 Å². The van der Waals surface area contributed by atoms with Gasteiger partial charge >= 0.3 is 0 Å². The molecule has 1 aromatic carbocycles. The Hall–Kier alpha value is -1.55. The van der Waals surface area contributed by atoms with E-state index in [4.69, 9.17) is 0 Å². The smallest absolute Gasteiger partial charge is 0.255 e. The largest absolute Gasteiger partial charge is 0.362 e. The number of benzene rings is 1. The lowest BCUT2D eigenvalue weighted by Crippen LogP contribution is -2.60. The molecule has 1 spiro atoms. The summed E-state index contributed by atoms with van der Waals surface area (Å²) in [6.07, 6.45) is 2.22. The van der Waals surface area contributed by atoms with Crippen molar-refractivity contribution in [2.45, 2.75) is 25.4 Å². The average molecular weight is 257 g/mol. The van der Waals surface area contributed by atoms with E-state index in [1.807, 2.05) is 19.1 Å². The Morgan fingerprint density at radius 2 is 2.16 bits per heavy atom. The Morgan fingerprint density at radius 3 is 3.05 bits per heavy atom. The minimum absolute atomic E-state index is 0.0741. The molecule has 3 aliphatic rings. The van der Waals surface area contributed by atoms with E-state index in [1.165, 1.54) is 6.42 Å². The number of nitrogens with one attached hydrogen (secondary N) is 3. The molecular formula is C15H19N3O. The zero-order valence-electron chi connectivity index (χ0n) is 11.1. The summed E-state index contributed by atoms with van der Waals surface area (Å²) in [6, 6.07) is 6.07. The number of carbonyl (C=O) groups excluding carboxylic acids is 1. The predicted molar refractivity (Wildman–Crippen MR) is 74.1 cm³/mol. The molecule has 2 heterocycles. The highest BCUT2D eigenvalue weighted by molar-refractivity contribution is 6.02. The van der Waals surface area contributed by atoms with Crippen LogP contribution in [0.2, 0.25) is 0 Å². The molecule has 19 heavy (non-hydrogen) atoms. The third-order valence-electron chi connectivity index (χ3n) is 5.00. The topological polar surface area (TPSA) is 53.2 Å². The number of anilines is 1. The van der Waals surface area contributed by atoms with Gasteiger partial charge in [0.1, 0.15) is 5.66 Å². The Balaban J connectivity index is 1.75. The fourth-order valence-electron chi connectivity index (χ4n) is 4.02. The van der Waals surface area contributed by atoms with Crippen LogP contribution < -0.4 is 16.0 Å². The van der Waals surface area contributed by atoms with Crippen molar-refractivity contribution in [2.75, 3.05) is 18.4 Å². The first-order valence-corrected chi connectivity index (χ1v) is 7.10. The average Bonchev–Trinajstić information content (AvgIpc) is 2.96. The molecule has 1 amide bonds. The van der Waals surface area contributed by atoms with E-state index in [0.717, 1.165) is 36.3 Å². The summed E-state index contributed by atoms with van der Waals surface area (Å²) < 4.78 is 0. The Bertz CT molecular complexity index is 556. The van der Waals surface area contributed by atoms with Crippen LogP contribution in [0, 0.1) is 18.8 Å². The molecule has 1 aliphatic carbocycles. The van der Waals surface area contributed by atoms with Crippen LogP contribution in [0.4, 0.5) is 5.69 Å². The second-order valence-corrected chi connectivity index (χ2v) is 6.16. The Labute approximate surface area is 113 Å². The third kappa shape index (κ3) is 1.53. The van der Waals surface area contributed by atoms with Crippen LogP contribution in [-0.4, -0.2) is 24.7 Å². The first-order valence-electron chi connectivity index (χ1n) is 7.10. The molecule has 100 valence electrons. The van der Waals surface area contributed by atoms with Crippen molar-refractivity contribution in [3.05, 3.63) is 29.3 Å². The molecule has 1 aromatic rings. The molecule has 0 aromatic heterocycles. The SMILES string of the molecule is Cc1ccc2c(c1)C(=O)NC1(CC[C@H]3CNC[C@H]31)N2. The number of fused-ring (bicyclic) bond motifs is 3. The summed E-state index contributed by atoms with van der Waals surface area (Å²) in [6.45, 7) is 4.11. The van der Waals surface area contributed by atoms with Gasteiger partial charge in [0.15, 0.2) is 0 Å². The minimum atomic E-state index is -0.229. The van der Waals surface area contributed by atoms with Crippen LogP contribution >= 0.6 is 0 Å². The van der Waals surface area contributed by atoms with E-state index < -0.39 is 0 Å². The lowest BCUT2D eigenvalue weighted by Gasteiger charge is -2.41. The summed E-state index contributed by atoms with van der Waals surface area (Å²) in [5, 5.41) is 10.3. The summed E-state index contributed by atoms with van der Waals surface area (Å²) in [5.41, 5.74) is 2.66. The zero-order valence-corrected chi connectivity index (χ0v) is 11.1. The van der Waals surface area contributed by atoms with Gasteiger partial charge in [-0.25, -0.2) is 0 Å². The molecule has 4 heteroatoms. The van der Waals surface area contributed by atoms with E-state index in [1.54, 1.807) is 0 Å². The number of rotatable bonds is 0. The molecule has 1 unspecified atom stereocenters. The fourth-order valence-corrected chi connectivity index (χ4v) is 4.02. The quantitative estimate of drug-likeness (QED) is 0.660. The van der Waals surface area contributed by atoms with Crippen molar-refractivity contribution in [2.24, 2.45) is 11.8 Å². The molecule has 2 fully saturated rings. The highest BCUT2D eigenvalue weighted by atomic mass is 16.2. The number of hydrogen-bond acceptors (Lipinski definition) is 3. The molecular weight excluding hydrogens is 238 g/mol. The first kappa shape index (κ1) is 11.3. The second kappa shape index (κ2) is 3.73. The van der Waals surface area contributed by atoms with Crippen LogP contribution in [0.15, 0.2) is 18.2 Å². The van der Waals surface area contributed by atoms with Gasteiger partial charge in [0, 0.05) is 18.2 Å². The van der Waals surface area contributed by atoms with Gasteiger partial charge in [-0.1, -0.05) is 11.6 Å². The van der Waals surface area contributed by atoms with Crippen LogP contribution in [0.5, 0.6) is 0 Å². The minimum Gasteiger partial charge on any atom is -0.362 e. The van der Waals surface area contributed by atoms with Crippen LogP contribution in [0.3, 0.4) is 0 Å². The molecule has 1 saturated carbocycles. The maximum absolute atomic E-state index is 12.4. The van der Waals surface area contributed by atoms with Gasteiger partial charge in [0.25, 0.3) is 5.91 Å². The molecule has 3 atom stereocenters. The monoisotopic (exact) mass is 257 g/mol. The summed E-state index contributed by atoms with van der Waals surface area (Å²) in [5.74, 6) is 1.27. The van der Waals surface area contributed by atoms with Crippen molar-refractivity contribution in [3.8, 4) is 0 Å². The lowest BCUT2D eigenvalue weighted by molar-refractivity contribution is 0.0877. The van der Waals surface area contributed by atoms with Crippen molar-refractivity contribution in [3.63, 3.8) is 0 Å². The summed E-state index contributed by atoms with van der Waals surface area (Å²) in [7, 11) is 0. The van der Waals surface area contributed by atoms with E-state index in [2.05, 4.69) is 22.0 Å². The van der Waals surface area contributed by atoms with Gasteiger partial charge in [-0.3, -0.25) is 4.79 Å². The maximum atomic E-state index is 12.4. The predicted octanol–water partition coefficient (Wildman–Crippen LogP) is 1.48. The van der Waals surface area contributed by atoms with Crippen molar-refractivity contribution < 1.29 is 4.79 Å². The molecule has 0 radical (unpaired) electrons. The highest BCUT2D eigenvalue weighted by Crippen LogP contribution is 2.44. The van der Waals surface area contributed by atoms with Gasteiger partial charge in [-0.15, -0.1) is 0 Å². The Kier molecular flexibility index (Phi) is 2.22. The summed E-state index contributed by atoms with van der Waals surface area (Å²) >= 11 is 0. The maximum Gasteiger partial charge on any atom is 0.255 e. The molecule has 4 rings (SSSR count). The number of amides is 1. The van der Waals surface area contributed by atoms with E-state index in [0.29, 0.717) is 11.8 Å². The summed E-state index contributed by atoms with van der Waals surface area (Å²) in [4.78, 5) is 12.4. The Morgan fingerprint density at radius 1 is 1.26 bits per heavy atom. The van der Waals surface area contributed by atoms with Crippen LogP contribution in [0.1, 0.15) is 28.8 Å². The molecule has 0 bridgehead atoms. The molecule has 2 aliphatic heterocycles. The standard InChI is InChI=1S/C15H19N3O/c1-9-2-3-13-11(6-9)14(19)18-15(17-13)5-4-10-7-16-8-12(10)15/h2-3,6,10,12,16-17H,4-5,7-8H2,1H3,(H,18,19)/t10-,12+,15?/m0/s1. The van der Waals surface area contributed by atoms with Gasteiger partial charge in [0.05, 0.1) is 5.56 Å². The first-order chi connectivity index (χ1) is 9.18. The normalized spacial score (nSPS) is 35.7. The molecule has 1 saturated heterocycles. The fraction of sp³-hybridized carbons (Fsp3) is 0.533. The van der Waals surface area contributed by atoms with Crippen LogP contribution in [0.25, 0.3) is 0 Å². The van der Waals surface area contributed by atoms with E-state index in [-0.39, 0.29) is 11.6 Å². The van der Waals surface area contributed by atoms with Gasteiger partial charge in [-0.2, -0.15) is 0 Å². The van der Waals surface area contributed by atoms with Crippen molar-refractivity contribution in [1.29, 1.82) is 0 Å². The molecule has 4 nitrogen and oxygen atoms in total. The molecule has 3 N–H and O–H groups in total. The number of aryl methyl sites for hydroxylation is 1. The number of hydrogen-bond donors (Lipinski definition) is 3. The van der Waals surface area contributed by atoms with Gasteiger partial charge in [-0.05, 0) is 44.4 Å². The lowest BCUT2D eigenvalue weighted by atomic mass is 9.89. The zero-order chi connectivity index (χ0) is 13.0. The van der Waals surface area contributed by atoms with Gasteiger partial charge in [0.2, 0.25) is 0 Å². The highest BCUT2D eigenvalue weighted by Gasteiger charge is 2.53. The van der Waals surface area contributed by atoms with Crippen molar-refractivity contribution in [1.82, 2.24) is 10.6 Å². The van der Waals surface area contributed by atoms with E-state index in [9.17, 15) is 4.79 Å². The van der Waals surface area contributed by atoms with E-state index >= 15 is 0 Å². The van der Waals surface area contributed by atoms with Gasteiger partial charge < -0.3 is 16.0 Å². The van der Waals surface area contributed by atoms with Crippen molar-refractivity contribution >= 4 is 11.6 Å². The second-order valence-electron chi connectivity index (χ2n) is 6.16. The third-order valence-corrected chi connectivity index (χ3v) is 5.00. The number of carbonyl (C=O) groups is 1.